The van der Waals surface area contributed by atoms with Crippen molar-refractivity contribution < 1.29 is 19.4 Å². The van der Waals surface area contributed by atoms with Crippen molar-refractivity contribution in [2.24, 2.45) is 5.92 Å². The minimum atomic E-state index is -0.717. The van der Waals surface area contributed by atoms with E-state index in [2.05, 4.69) is 10.2 Å². The first-order valence-corrected chi connectivity index (χ1v) is 10.5. The van der Waals surface area contributed by atoms with Crippen molar-refractivity contribution in [1.82, 2.24) is 15.1 Å². The number of hydrogen-bond donors (Lipinski definition) is 2. The van der Waals surface area contributed by atoms with E-state index in [4.69, 9.17) is 4.74 Å². The lowest BCUT2D eigenvalue weighted by molar-refractivity contribution is -0.138. The molecule has 27 heavy (non-hydrogen) atoms. The number of rotatable bonds is 4. The minimum absolute atomic E-state index is 0.0325. The van der Waals surface area contributed by atoms with Crippen LogP contribution in [0.25, 0.3) is 0 Å². The average Bonchev–Trinajstić information content (AvgIpc) is 2.85. The van der Waals surface area contributed by atoms with Gasteiger partial charge >= 0.3 is 0 Å². The Morgan fingerprint density at radius 1 is 1.07 bits per heavy atom. The fraction of sp³-hybridized carbons (Fsp3) is 0.900. The van der Waals surface area contributed by atoms with E-state index in [9.17, 15) is 14.7 Å². The number of amides is 2. The Hall–Kier alpha value is -1.18. The van der Waals surface area contributed by atoms with Crippen LogP contribution in [0.4, 0.5) is 0 Å². The first-order chi connectivity index (χ1) is 13.0. The molecule has 0 spiro atoms. The third-order valence-corrected chi connectivity index (χ3v) is 6.31. The monoisotopic (exact) mass is 381 g/mol. The molecule has 3 aliphatic rings. The molecule has 3 saturated heterocycles. The van der Waals surface area contributed by atoms with Crippen LogP contribution in [0.3, 0.4) is 0 Å². The molecule has 0 saturated carbocycles. The fourth-order valence-electron chi connectivity index (χ4n) is 4.70. The Morgan fingerprint density at radius 2 is 1.78 bits per heavy atom. The third kappa shape index (κ3) is 5.90. The van der Waals surface area contributed by atoms with Crippen molar-refractivity contribution in [3.05, 3.63) is 0 Å². The molecule has 0 aliphatic carbocycles. The smallest absolute Gasteiger partial charge is 0.225 e. The van der Waals surface area contributed by atoms with E-state index in [-0.39, 0.29) is 23.8 Å². The number of nitrogens with one attached hydrogen (secondary N) is 1. The van der Waals surface area contributed by atoms with E-state index in [1.807, 2.05) is 4.90 Å². The first kappa shape index (κ1) is 20.6. The summed E-state index contributed by atoms with van der Waals surface area (Å²) in [5.74, 6) is 0.376. The number of aliphatic hydroxyl groups is 1. The highest BCUT2D eigenvalue weighted by Gasteiger charge is 2.36. The lowest BCUT2D eigenvalue weighted by atomic mass is 9.92. The van der Waals surface area contributed by atoms with Crippen molar-refractivity contribution in [3.63, 3.8) is 0 Å². The number of β-amino-alcohol motifs (C(OH)–C–C–N with tert-alkyl or cyclic N) is 1. The molecule has 3 aliphatic heterocycles. The molecule has 3 rings (SSSR count). The molecular weight excluding hydrogens is 346 g/mol. The quantitative estimate of drug-likeness (QED) is 0.751. The van der Waals surface area contributed by atoms with Gasteiger partial charge in [-0.15, -0.1) is 0 Å². The van der Waals surface area contributed by atoms with E-state index < -0.39 is 5.60 Å². The summed E-state index contributed by atoms with van der Waals surface area (Å²) in [5, 5.41) is 14.1. The van der Waals surface area contributed by atoms with Crippen molar-refractivity contribution in [2.75, 3.05) is 45.9 Å². The Balaban J connectivity index is 1.46. The Morgan fingerprint density at radius 3 is 2.44 bits per heavy atom. The summed E-state index contributed by atoms with van der Waals surface area (Å²) in [5.41, 5.74) is -0.717. The van der Waals surface area contributed by atoms with Crippen LogP contribution in [0.1, 0.15) is 51.9 Å². The molecule has 154 valence electrons. The topological polar surface area (TPSA) is 82.1 Å². The van der Waals surface area contributed by atoms with E-state index in [1.165, 1.54) is 0 Å². The Labute approximate surface area is 162 Å². The summed E-state index contributed by atoms with van der Waals surface area (Å²) in [7, 11) is 0. The lowest BCUT2D eigenvalue weighted by Gasteiger charge is -2.38. The van der Waals surface area contributed by atoms with E-state index in [1.54, 1.807) is 6.92 Å². The summed E-state index contributed by atoms with van der Waals surface area (Å²) in [4.78, 5) is 28.3. The standard InChI is InChI=1S/C20H35N3O4/c1-16(24)21-18-3-10-22(11-4-18)15-20(26)7-2-9-23(12-8-20)19(25)17-5-13-27-14-6-17/h17-18,26H,2-15H2,1H3,(H,21,24)/t20-/m0/s1. The zero-order valence-electron chi connectivity index (χ0n) is 16.6. The van der Waals surface area contributed by atoms with Crippen molar-refractivity contribution >= 4 is 11.8 Å². The number of carbonyl (C=O) groups excluding carboxylic acids is 2. The molecule has 2 amide bonds. The first-order valence-electron chi connectivity index (χ1n) is 10.5. The number of nitrogens with zero attached hydrogens (tertiary/aromatic N) is 2. The third-order valence-electron chi connectivity index (χ3n) is 6.31. The van der Waals surface area contributed by atoms with Crippen LogP contribution < -0.4 is 5.32 Å². The van der Waals surface area contributed by atoms with Gasteiger partial charge in [-0.2, -0.15) is 0 Å². The molecule has 0 aromatic rings. The van der Waals surface area contributed by atoms with Gasteiger partial charge in [0.05, 0.1) is 5.60 Å². The molecule has 2 N–H and O–H groups in total. The van der Waals surface area contributed by atoms with Crippen LogP contribution >= 0.6 is 0 Å². The normalized spacial score (nSPS) is 29.3. The summed E-state index contributed by atoms with van der Waals surface area (Å²) >= 11 is 0. The van der Waals surface area contributed by atoms with Gasteiger partial charge in [-0.05, 0) is 44.9 Å². The Bertz CT molecular complexity index is 515. The number of carbonyl (C=O) groups is 2. The predicted octanol–water partition coefficient (Wildman–Crippen LogP) is 0.757. The zero-order chi connectivity index (χ0) is 19.3. The van der Waals surface area contributed by atoms with Gasteiger partial charge in [0.25, 0.3) is 0 Å². The molecular formula is C20H35N3O4. The molecule has 1 atom stereocenters. The summed E-state index contributed by atoms with van der Waals surface area (Å²) < 4.78 is 5.37. The van der Waals surface area contributed by atoms with Crippen LogP contribution in [0.5, 0.6) is 0 Å². The van der Waals surface area contributed by atoms with Crippen molar-refractivity contribution in [3.8, 4) is 0 Å². The second-order valence-electron chi connectivity index (χ2n) is 8.54. The molecule has 7 nitrogen and oxygen atoms in total. The highest BCUT2D eigenvalue weighted by atomic mass is 16.5. The van der Waals surface area contributed by atoms with Crippen LogP contribution in [-0.4, -0.2) is 84.3 Å². The lowest BCUT2D eigenvalue weighted by Crippen LogP contribution is -2.50. The minimum Gasteiger partial charge on any atom is -0.388 e. The van der Waals surface area contributed by atoms with E-state index in [0.29, 0.717) is 32.7 Å². The van der Waals surface area contributed by atoms with Gasteiger partial charge in [0.15, 0.2) is 0 Å². The molecule has 0 bridgehead atoms. The zero-order valence-corrected chi connectivity index (χ0v) is 16.6. The van der Waals surface area contributed by atoms with Crippen LogP contribution in [0.15, 0.2) is 0 Å². The molecule has 0 aromatic heterocycles. The molecule has 3 heterocycles. The number of ether oxygens (including phenoxy) is 1. The van der Waals surface area contributed by atoms with Crippen LogP contribution in [0, 0.1) is 5.92 Å². The molecule has 0 radical (unpaired) electrons. The van der Waals surface area contributed by atoms with Gasteiger partial charge in [0.1, 0.15) is 0 Å². The summed E-state index contributed by atoms with van der Waals surface area (Å²) in [6.45, 7) is 6.80. The molecule has 3 fully saturated rings. The van der Waals surface area contributed by atoms with Gasteiger partial charge in [-0.3, -0.25) is 9.59 Å². The summed E-state index contributed by atoms with van der Waals surface area (Å²) in [6, 6.07) is 0.259. The number of piperidine rings is 1. The second-order valence-corrected chi connectivity index (χ2v) is 8.54. The molecule has 0 unspecified atom stereocenters. The fourth-order valence-corrected chi connectivity index (χ4v) is 4.70. The molecule has 0 aromatic carbocycles. The number of hydrogen-bond acceptors (Lipinski definition) is 5. The maximum atomic E-state index is 12.8. The SMILES string of the molecule is CC(=O)NC1CCN(C[C@]2(O)CCCN(C(=O)C3CCOCC3)CC2)CC1. The van der Waals surface area contributed by atoms with Crippen LogP contribution in [-0.2, 0) is 14.3 Å². The van der Waals surface area contributed by atoms with Gasteiger partial charge in [0.2, 0.25) is 11.8 Å². The van der Waals surface area contributed by atoms with Gasteiger partial charge in [-0.1, -0.05) is 0 Å². The largest absolute Gasteiger partial charge is 0.388 e. The Kier molecular flexibility index (Phi) is 7.11. The maximum absolute atomic E-state index is 12.8. The average molecular weight is 382 g/mol. The van der Waals surface area contributed by atoms with Crippen molar-refractivity contribution in [1.29, 1.82) is 0 Å². The maximum Gasteiger partial charge on any atom is 0.225 e. The van der Waals surface area contributed by atoms with Gasteiger partial charge in [-0.25, -0.2) is 0 Å². The number of likely N-dealkylation sites (tertiary alicyclic amines) is 2. The summed E-state index contributed by atoms with van der Waals surface area (Å²) in [6.07, 6.45) is 5.76. The highest BCUT2D eigenvalue weighted by molar-refractivity contribution is 5.79. The second kappa shape index (κ2) is 9.34. The molecule has 7 heteroatoms. The van der Waals surface area contributed by atoms with E-state index in [0.717, 1.165) is 58.2 Å². The van der Waals surface area contributed by atoms with Gasteiger partial charge in [0, 0.05) is 64.8 Å². The van der Waals surface area contributed by atoms with Crippen molar-refractivity contribution in [2.45, 2.75) is 63.5 Å². The van der Waals surface area contributed by atoms with E-state index >= 15 is 0 Å². The highest BCUT2D eigenvalue weighted by Crippen LogP contribution is 2.27. The predicted molar refractivity (Wildman–Crippen MR) is 102 cm³/mol. The van der Waals surface area contributed by atoms with Gasteiger partial charge < -0.3 is 25.0 Å². The van der Waals surface area contributed by atoms with Crippen LogP contribution in [0.2, 0.25) is 0 Å².